The molecule has 0 aliphatic heterocycles. The molecule has 2 N–H and O–H groups in total. The van der Waals surface area contributed by atoms with Gasteiger partial charge < -0.3 is 10.6 Å². The lowest BCUT2D eigenvalue weighted by Gasteiger charge is -2.46. The van der Waals surface area contributed by atoms with Gasteiger partial charge in [-0.2, -0.15) is 0 Å². The van der Waals surface area contributed by atoms with Crippen molar-refractivity contribution >= 4 is 0 Å². The Morgan fingerprint density at radius 2 is 1.71 bits per heavy atom. The van der Waals surface area contributed by atoms with Crippen molar-refractivity contribution in [2.24, 2.45) is 23.0 Å². The maximum Gasteiger partial charge on any atom is 0.0139 e. The molecule has 126 valence electrons. The number of hydrogen-bond acceptors (Lipinski definition) is 3. The topological polar surface area (TPSA) is 32.5 Å². The molecule has 3 unspecified atom stereocenters. The zero-order chi connectivity index (χ0) is 16.0. The van der Waals surface area contributed by atoms with Crippen molar-refractivity contribution in [3.8, 4) is 0 Å². The Hall–Kier alpha value is -0.120. The number of rotatable bonds is 7. The van der Waals surface area contributed by atoms with Crippen molar-refractivity contribution in [1.82, 2.24) is 9.80 Å². The van der Waals surface area contributed by atoms with Gasteiger partial charge in [-0.05, 0) is 70.1 Å². The fourth-order valence-electron chi connectivity index (χ4n) is 3.78. The largest absolute Gasteiger partial charge is 0.330 e. The van der Waals surface area contributed by atoms with E-state index in [1.807, 2.05) is 0 Å². The molecule has 0 amide bonds. The van der Waals surface area contributed by atoms with E-state index < -0.39 is 0 Å². The summed E-state index contributed by atoms with van der Waals surface area (Å²) in [7, 11) is 4.34. The summed E-state index contributed by atoms with van der Waals surface area (Å²) in [4.78, 5) is 5.03. The van der Waals surface area contributed by atoms with Gasteiger partial charge in [0, 0.05) is 19.1 Å². The van der Waals surface area contributed by atoms with Crippen LogP contribution in [0.4, 0.5) is 0 Å². The first-order chi connectivity index (χ1) is 9.79. The Morgan fingerprint density at radius 1 is 1.05 bits per heavy atom. The first-order valence-electron chi connectivity index (χ1n) is 8.88. The molecule has 1 saturated carbocycles. The molecule has 0 heterocycles. The molecular formula is C18H39N3. The highest BCUT2D eigenvalue weighted by Gasteiger charge is 2.37. The van der Waals surface area contributed by atoms with Gasteiger partial charge >= 0.3 is 0 Å². The summed E-state index contributed by atoms with van der Waals surface area (Å²) >= 11 is 0. The van der Waals surface area contributed by atoms with E-state index in [1.165, 1.54) is 38.8 Å². The molecule has 3 atom stereocenters. The van der Waals surface area contributed by atoms with Gasteiger partial charge in [-0.25, -0.2) is 0 Å². The maximum absolute atomic E-state index is 6.10. The highest BCUT2D eigenvalue weighted by Crippen LogP contribution is 2.41. The molecule has 0 aromatic carbocycles. The van der Waals surface area contributed by atoms with Gasteiger partial charge in [0.2, 0.25) is 0 Å². The summed E-state index contributed by atoms with van der Waals surface area (Å²) in [5.41, 5.74) is 6.53. The van der Waals surface area contributed by atoms with Crippen molar-refractivity contribution in [3.05, 3.63) is 0 Å². The maximum atomic E-state index is 6.10. The molecule has 1 fully saturated rings. The van der Waals surface area contributed by atoms with E-state index in [2.05, 4.69) is 51.6 Å². The molecule has 0 aromatic heterocycles. The lowest BCUT2D eigenvalue weighted by atomic mass is 9.67. The monoisotopic (exact) mass is 297 g/mol. The minimum Gasteiger partial charge on any atom is -0.330 e. The van der Waals surface area contributed by atoms with Gasteiger partial charge in [0.25, 0.3) is 0 Å². The number of hydrogen-bond donors (Lipinski definition) is 1. The van der Waals surface area contributed by atoms with Crippen LogP contribution in [0.5, 0.6) is 0 Å². The quantitative estimate of drug-likeness (QED) is 0.784. The number of nitrogens with zero attached hydrogens (tertiary/aromatic N) is 2. The van der Waals surface area contributed by atoms with Gasteiger partial charge in [0.1, 0.15) is 0 Å². The van der Waals surface area contributed by atoms with Crippen LogP contribution >= 0.6 is 0 Å². The van der Waals surface area contributed by atoms with Crippen LogP contribution in [0.3, 0.4) is 0 Å². The van der Waals surface area contributed by atoms with Crippen LogP contribution in [0.15, 0.2) is 0 Å². The summed E-state index contributed by atoms with van der Waals surface area (Å²) in [6.45, 7) is 13.9. The van der Waals surface area contributed by atoms with Gasteiger partial charge in [-0.15, -0.1) is 0 Å². The highest BCUT2D eigenvalue weighted by atomic mass is 15.2. The Bertz CT molecular complexity index is 283. The standard InChI is InChI=1S/C18H39N3/c1-7-10-21(12-11-20(5)6)17-13-16(18(2,3)4)9-8-15(17)14-19/h15-17H,7-14,19H2,1-6H3. The molecule has 1 rings (SSSR count). The van der Waals surface area contributed by atoms with E-state index in [4.69, 9.17) is 5.73 Å². The SMILES string of the molecule is CCCN(CCN(C)C)C1CC(C(C)(C)C)CCC1CN. The Kier molecular flexibility index (Phi) is 7.66. The molecule has 0 saturated heterocycles. The predicted molar refractivity (Wildman–Crippen MR) is 93.5 cm³/mol. The zero-order valence-electron chi connectivity index (χ0n) is 15.4. The van der Waals surface area contributed by atoms with E-state index in [9.17, 15) is 0 Å². The van der Waals surface area contributed by atoms with Crippen LogP contribution in [0.25, 0.3) is 0 Å². The molecular weight excluding hydrogens is 258 g/mol. The van der Waals surface area contributed by atoms with Crippen LogP contribution in [0, 0.1) is 17.3 Å². The predicted octanol–water partition coefficient (Wildman–Crippen LogP) is 3.05. The number of likely N-dealkylation sites (N-methyl/N-ethyl adjacent to an activating group) is 1. The van der Waals surface area contributed by atoms with Crippen molar-refractivity contribution in [2.45, 2.75) is 59.4 Å². The minimum atomic E-state index is 0.428. The minimum absolute atomic E-state index is 0.428. The molecule has 1 aliphatic rings. The van der Waals surface area contributed by atoms with Crippen LogP contribution in [-0.4, -0.2) is 56.1 Å². The van der Waals surface area contributed by atoms with E-state index >= 15 is 0 Å². The third-order valence-electron chi connectivity index (χ3n) is 5.30. The molecule has 21 heavy (non-hydrogen) atoms. The third-order valence-corrected chi connectivity index (χ3v) is 5.30. The average molecular weight is 298 g/mol. The van der Waals surface area contributed by atoms with Gasteiger partial charge in [0.05, 0.1) is 0 Å². The van der Waals surface area contributed by atoms with Crippen LogP contribution in [0.2, 0.25) is 0 Å². The van der Waals surface area contributed by atoms with Gasteiger partial charge in [-0.3, -0.25) is 4.90 Å². The van der Waals surface area contributed by atoms with Gasteiger partial charge in [-0.1, -0.05) is 27.7 Å². The molecule has 1 aliphatic carbocycles. The second kappa shape index (κ2) is 8.50. The first kappa shape index (κ1) is 18.9. The van der Waals surface area contributed by atoms with E-state index in [0.29, 0.717) is 17.4 Å². The van der Waals surface area contributed by atoms with E-state index in [-0.39, 0.29) is 0 Å². The van der Waals surface area contributed by atoms with Crippen molar-refractivity contribution < 1.29 is 0 Å². The average Bonchev–Trinajstić information content (AvgIpc) is 2.41. The lowest BCUT2D eigenvalue weighted by molar-refractivity contribution is 0.0418. The molecule has 0 spiro atoms. The zero-order valence-corrected chi connectivity index (χ0v) is 15.4. The molecule has 0 aromatic rings. The first-order valence-corrected chi connectivity index (χ1v) is 8.88. The fraction of sp³-hybridized carbons (Fsp3) is 1.00. The molecule has 0 radical (unpaired) electrons. The van der Waals surface area contributed by atoms with E-state index in [0.717, 1.165) is 19.0 Å². The second-order valence-electron chi connectivity index (χ2n) is 8.28. The summed E-state index contributed by atoms with van der Waals surface area (Å²) in [6, 6.07) is 0.688. The smallest absolute Gasteiger partial charge is 0.0139 e. The number of nitrogens with two attached hydrogens (primary N) is 1. The molecule has 0 bridgehead atoms. The second-order valence-corrected chi connectivity index (χ2v) is 8.28. The Labute approximate surface area is 133 Å². The summed E-state index contributed by atoms with van der Waals surface area (Å²) < 4.78 is 0. The molecule has 3 nitrogen and oxygen atoms in total. The van der Waals surface area contributed by atoms with E-state index in [1.54, 1.807) is 0 Å². The Morgan fingerprint density at radius 3 is 2.19 bits per heavy atom. The summed E-state index contributed by atoms with van der Waals surface area (Å²) in [5.74, 6) is 1.53. The lowest BCUT2D eigenvalue weighted by Crippen LogP contribution is -2.50. The Balaban J connectivity index is 2.78. The van der Waals surface area contributed by atoms with Gasteiger partial charge in [0.15, 0.2) is 0 Å². The highest BCUT2D eigenvalue weighted by molar-refractivity contribution is 4.91. The van der Waals surface area contributed by atoms with Crippen LogP contribution in [-0.2, 0) is 0 Å². The normalized spacial score (nSPS) is 27.6. The third kappa shape index (κ3) is 5.88. The van der Waals surface area contributed by atoms with Crippen molar-refractivity contribution in [1.29, 1.82) is 0 Å². The van der Waals surface area contributed by atoms with Crippen LogP contribution in [0.1, 0.15) is 53.4 Å². The van der Waals surface area contributed by atoms with Crippen molar-refractivity contribution in [2.75, 3.05) is 40.3 Å². The summed E-state index contributed by atoms with van der Waals surface area (Å²) in [6.07, 6.45) is 5.24. The summed E-state index contributed by atoms with van der Waals surface area (Å²) in [5, 5.41) is 0. The van der Waals surface area contributed by atoms with Crippen LogP contribution < -0.4 is 5.73 Å². The van der Waals surface area contributed by atoms with Crippen molar-refractivity contribution in [3.63, 3.8) is 0 Å². The molecule has 3 heteroatoms. The fourth-order valence-corrected chi connectivity index (χ4v) is 3.78.